The summed E-state index contributed by atoms with van der Waals surface area (Å²) in [7, 11) is 1.69. The number of carbonyl (C=O) groups is 1. The average molecular weight is 274 g/mol. The Morgan fingerprint density at radius 3 is 2.70 bits per heavy atom. The van der Waals surface area contributed by atoms with Crippen LogP contribution in [0.4, 0.5) is 0 Å². The first-order chi connectivity index (χ1) is 9.69. The molecule has 2 unspecified atom stereocenters. The lowest BCUT2D eigenvalue weighted by Crippen LogP contribution is -2.16. The quantitative estimate of drug-likeness (QED) is 0.708. The fourth-order valence-corrected chi connectivity index (χ4v) is 3.43. The molecule has 0 amide bonds. The summed E-state index contributed by atoms with van der Waals surface area (Å²) in [6.07, 6.45) is 6.58. The van der Waals surface area contributed by atoms with Crippen molar-refractivity contribution < 1.29 is 9.53 Å². The number of hydrogen-bond acceptors (Lipinski definition) is 2. The summed E-state index contributed by atoms with van der Waals surface area (Å²) in [5, 5.41) is 0. The van der Waals surface area contributed by atoms with Crippen molar-refractivity contribution in [2.75, 3.05) is 7.11 Å². The molecular formula is C18H26O2. The van der Waals surface area contributed by atoms with E-state index in [4.69, 9.17) is 4.74 Å². The van der Waals surface area contributed by atoms with Gasteiger partial charge in [-0.25, -0.2) is 0 Å². The van der Waals surface area contributed by atoms with Gasteiger partial charge in [0.05, 0.1) is 12.7 Å². The summed E-state index contributed by atoms with van der Waals surface area (Å²) >= 11 is 0. The van der Waals surface area contributed by atoms with E-state index >= 15 is 0 Å². The van der Waals surface area contributed by atoms with Crippen LogP contribution in [0.3, 0.4) is 0 Å². The maximum Gasteiger partial charge on any atom is 0.166 e. The average Bonchev–Trinajstić information content (AvgIpc) is 2.47. The molecule has 0 heterocycles. The van der Waals surface area contributed by atoms with Gasteiger partial charge in [0.2, 0.25) is 0 Å². The Balaban J connectivity index is 2.37. The van der Waals surface area contributed by atoms with E-state index in [1.807, 2.05) is 19.1 Å². The highest BCUT2D eigenvalue weighted by atomic mass is 16.5. The topological polar surface area (TPSA) is 26.3 Å². The fraction of sp³-hybridized carbons (Fsp3) is 0.611. The Morgan fingerprint density at radius 1 is 1.30 bits per heavy atom. The molecule has 2 heteroatoms. The molecule has 2 rings (SSSR count). The predicted molar refractivity (Wildman–Crippen MR) is 82.6 cm³/mol. The van der Waals surface area contributed by atoms with Crippen LogP contribution >= 0.6 is 0 Å². The normalized spacial score (nSPS) is 22.6. The van der Waals surface area contributed by atoms with Crippen molar-refractivity contribution in [2.24, 2.45) is 5.92 Å². The molecule has 1 fully saturated rings. The second kappa shape index (κ2) is 6.92. The van der Waals surface area contributed by atoms with E-state index < -0.39 is 0 Å². The van der Waals surface area contributed by atoms with Crippen molar-refractivity contribution in [1.82, 2.24) is 0 Å². The van der Waals surface area contributed by atoms with Crippen LogP contribution in [0.2, 0.25) is 0 Å². The Morgan fingerprint density at radius 2 is 2.05 bits per heavy atom. The molecule has 0 radical (unpaired) electrons. The molecule has 2 atom stereocenters. The van der Waals surface area contributed by atoms with Crippen LogP contribution in [-0.4, -0.2) is 12.9 Å². The molecule has 110 valence electrons. The van der Waals surface area contributed by atoms with Crippen molar-refractivity contribution in [2.45, 2.75) is 58.3 Å². The van der Waals surface area contributed by atoms with E-state index in [2.05, 4.69) is 13.0 Å². The number of ether oxygens (including phenoxy) is 1. The van der Waals surface area contributed by atoms with Gasteiger partial charge in [-0.05, 0) is 36.3 Å². The van der Waals surface area contributed by atoms with Gasteiger partial charge in [0.1, 0.15) is 5.75 Å². The number of ketones is 1. The smallest absolute Gasteiger partial charge is 0.166 e. The van der Waals surface area contributed by atoms with Gasteiger partial charge in [-0.1, -0.05) is 45.2 Å². The third-order valence-corrected chi connectivity index (χ3v) is 4.54. The SMILES string of the molecule is CCCC(=O)c1cccc(C2CCCCC2C)c1OC. The van der Waals surface area contributed by atoms with Crippen LogP contribution in [0.1, 0.15) is 74.2 Å². The van der Waals surface area contributed by atoms with Gasteiger partial charge >= 0.3 is 0 Å². The summed E-state index contributed by atoms with van der Waals surface area (Å²) in [6, 6.07) is 6.07. The fourth-order valence-electron chi connectivity index (χ4n) is 3.43. The second-order valence-electron chi connectivity index (χ2n) is 5.97. The zero-order valence-corrected chi connectivity index (χ0v) is 12.9. The zero-order valence-electron chi connectivity index (χ0n) is 12.9. The first-order valence-corrected chi connectivity index (χ1v) is 7.89. The Labute approximate surface area is 122 Å². The highest BCUT2D eigenvalue weighted by Crippen LogP contribution is 2.42. The summed E-state index contributed by atoms with van der Waals surface area (Å²) in [4.78, 5) is 12.3. The third-order valence-electron chi connectivity index (χ3n) is 4.54. The number of carbonyl (C=O) groups excluding carboxylic acids is 1. The minimum Gasteiger partial charge on any atom is -0.496 e. The lowest BCUT2D eigenvalue weighted by atomic mass is 9.75. The molecule has 1 aliphatic carbocycles. The molecular weight excluding hydrogens is 248 g/mol. The van der Waals surface area contributed by atoms with E-state index in [0.29, 0.717) is 18.3 Å². The number of benzene rings is 1. The van der Waals surface area contributed by atoms with Gasteiger partial charge in [0.15, 0.2) is 5.78 Å². The second-order valence-corrected chi connectivity index (χ2v) is 5.97. The van der Waals surface area contributed by atoms with Crippen LogP contribution in [0.5, 0.6) is 5.75 Å². The van der Waals surface area contributed by atoms with Crippen molar-refractivity contribution in [1.29, 1.82) is 0 Å². The van der Waals surface area contributed by atoms with E-state index in [-0.39, 0.29) is 5.78 Å². The van der Waals surface area contributed by atoms with Gasteiger partial charge in [0, 0.05) is 6.42 Å². The van der Waals surface area contributed by atoms with Crippen molar-refractivity contribution in [3.8, 4) is 5.75 Å². The van der Waals surface area contributed by atoms with Gasteiger partial charge in [0.25, 0.3) is 0 Å². The van der Waals surface area contributed by atoms with Gasteiger partial charge < -0.3 is 4.74 Å². The van der Waals surface area contributed by atoms with Gasteiger partial charge in [-0.15, -0.1) is 0 Å². The molecule has 0 saturated heterocycles. The molecule has 0 N–H and O–H groups in total. The van der Waals surface area contributed by atoms with Crippen LogP contribution in [0.25, 0.3) is 0 Å². The molecule has 1 saturated carbocycles. The van der Waals surface area contributed by atoms with Crippen LogP contribution in [0, 0.1) is 5.92 Å². The zero-order chi connectivity index (χ0) is 14.5. The maximum atomic E-state index is 12.3. The Hall–Kier alpha value is -1.31. The minimum atomic E-state index is 0.203. The van der Waals surface area contributed by atoms with E-state index in [0.717, 1.165) is 17.7 Å². The molecule has 0 aromatic heterocycles. The van der Waals surface area contributed by atoms with E-state index in [9.17, 15) is 4.79 Å². The van der Waals surface area contributed by atoms with E-state index in [1.165, 1.54) is 31.2 Å². The number of methoxy groups -OCH3 is 1. The van der Waals surface area contributed by atoms with Crippen molar-refractivity contribution in [3.63, 3.8) is 0 Å². The van der Waals surface area contributed by atoms with Gasteiger partial charge in [-0.2, -0.15) is 0 Å². The minimum absolute atomic E-state index is 0.203. The molecule has 0 bridgehead atoms. The highest BCUT2D eigenvalue weighted by molar-refractivity contribution is 5.99. The monoisotopic (exact) mass is 274 g/mol. The lowest BCUT2D eigenvalue weighted by Gasteiger charge is -2.30. The summed E-state index contributed by atoms with van der Waals surface area (Å²) in [5.41, 5.74) is 2.01. The molecule has 1 aromatic rings. The summed E-state index contributed by atoms with van der Waals surface area (Å²) in [5.74, 6) is 2.24. The Kier molecular flexibility index (Phi) is 5.22. The Bertz CT molecular complexity index is 464. The molecule has 1 aliphatic rings. The first kappa shape index (κ1) is 15.1. The molecule has 0 spiro atoms. The molecule has 1 aromatic carbocycles. The van der Waals surface area contributed by atoms with Gasteiger partial charge in [-0.3, -0.25) is 4.79 Å². The number of Topliss-reactive ketones (excluding diaryl/α,β-unsaturated/α-hetero) is 1. The standard InChI is InChI=1S/C18H26O2/c1-4-8-17(19)16-12-7-11-15(18(16)20-3)14-10-6-5-9-13(14)2/h7,11-14H,4-6,8-10H2,1-3H3. The van der Waals surface area contributed by atoms with E-state index in [1.54, 1.807) is 7.11 Å². The van der Waals surface area contributed by atoms with Crippen molar-refractivity contribution in [3.05, 3.63) is 29.3 Å². The molecule has 0 aliphatic heterocycles. The van der Waals surface area contributed by atoms with Crippen molar-refractivity contribution >= 4 is 5.78 Å². The molecule has 2 nitrogen and oxygen atoms in total. The highest BCUT2D eigenvalue weighted by Gasteiger charge is 2.27. The number of para-hydroxylation sites is 1. The summed E-state index contributed by atoms with van der Waals surface area (Å²) in [6.45, 7) is 4.36. The maximum absolute atomic E-state index is 12.3. The molecule has 20 heavy (non-hydrogen) atoms. The number of rotatable bonds is 5. The third kappa shape index (κ3) is 3.05. The van der Waals surface area contributed by atoms with Crippen LogP contribution in [-0.2, 0) is 0 Å². The predicted octanol–water partition coefficient (Wildman–Crippen LogP) is 4.97. The summed E-state index contributed by atoms with van der Waals surface area (Å²) < 4.78 is 5.62. The lowest BCUT2D eigenvalue weighted by molar-refractivity contribution is 0.0978. The first-order valence-electron chi connectivity index (χ1n) is 7.89. The largest absolute Gasteiger partial charge is 0.496 e. The van der Waals surface area contributed by atoms with Crippen LogP contribution in [0.15, 0.2) is 18.2 Å². The number of hydrogen-bond donors (Lipinski definition) is 0. The van der Waals surface area contributed by atoms with Crippen LogP contribution < -0.4 is 4.74 Å².